The van der Waals surface area contributed by atoms with E-state index in [0.717, 1.165) is 11.9 Å². The first-order valence-corrected chi connectivity index (χ1v) is 6.46. The minimum absolute atomic E-state index is 0.133. The average Bonchev–Trinajstić information content (AvgIpc) is 3.06. The number of amides is 1. The fourth-order valence-electron chi connectivity index (χ4n) is 1.94. The Balaban J connectivity index is 2.02. The number of carbonyl (C=O) groups excluding carboxylic acids is 1. The molecule has 0 aromatic carbocycles. The lowest BCUT2D eigenvalue weighted by atomic mass is 10.2. The highest BCUT2D eigenvalue weighted by Crippen LogP contribution is 2.16. The van der Waals surface area contributed by atoms with Gasteiger partial charge < -0.3 is 5.32 Å². The molecule has 0 bridgehead atoms. The maximum atomic E-state index is 12.2. The predicted octanol–water partition coefficient (Wildman–Crippen LogP) is 0.792. The normalized spacial score (nSPS) is 12.1. The second-order valence-corrected chi connectivity index (χ2v) is 4.56. The van der Waals surface area contributed by atoms with E-state index in [-0.39, 0.29) is 11.6 Å². The predicted molar refractivity (Wildman–Crippen MR) is 73.3 cm³/mol. The standard InChI is InChI=1S/C12H16N6O3/c1-3-11(17-8-10(7-14-17)18(20)21)12(19)13-6-9-4-5-16(2)15-9/h4-5,7-8,11H,3,6H2,1-2H3,(H,13,19). The molecule has 1 unspecified atom stereocenters. The molecule has 2 aromatic heterocycles. The maximum absolute atomic E-state index is 12.2. The molecule has 9 heteroatoms. The fourth-order valence-corrected chi connectivity index (χ4v) is 1.94. The molecular formula is C12H16N6O3. The lowest BCUT2D eigenvalue weighted by Crippen LogP contribution is -2.32. The van der Waals surface area contributed by atoms with Crippen molar-refractivity contribution in [1.29, 1.82) is 0 Å². The van der Waals surface area contributed by atoms with Gasteiger partial charge in [-0.25, -0.2) is 0 Å². The number of carbonyl (C=O) groups is 1. The molecule has 1 N–H and O–H groups in total. The minimum atomic E-state index is -0.581. The largest absolute Gasteiger partial charge is 0.349 e. The van der Waals surface area contributed by atoms with Gasteiger partial charge in [-0.15, -0.1) is 0 Å². The highest BCUT2D eigenvalue weighted by molar-refractivity contribution is 5.80. The van der Waals surface area contributed by atoms with Crippen LogP contribution in [-0.2, 0) is 18.4 Å². The van der Waals surface area contributed by atoms with Gasteiger partial charge in [0.15, 0.2) is 0 Å². The molecular weight excluding hydrogens is 276 g/mol. The van der Waals surface area contributed by atoms with E-state index in [2.05, 4.69) is 15.5 Å². The third kappa shape index (κ3) is 3.44. The Morgan fingerprint density at radius 1 is 1.57 bits per heavy atom. The van der Waals surface area contributed by atoms with Crippen LogP contribution in [0.2, 0.25) is 0 Å². The van der Waals surface area contributed by atoms with E-state index >= 15 is 0 Å². The maximum Gasteiger partial charge on any atom is 0.307 e. The number of hydrogen-bond donors (Lipinski definition) is 1. The van der Waals surface area contributed by atoms with Crippen molar-refractivity contribution in [2.75, 3.05) is 0 Å². The first-order valence-electron chi connectivity index (χ1n) is 6.46. The molecule has 1 atom stereocenters. The molecule has 0 saturated heterocycles. The van der Waals surface area contributed by atoms with Crippen molar-refractivity contribution in [3.63, 3.8) is 0 Å². The van der Waals surface area contributed by atoms with Gasteiger partial charge in [0.25, 0.3) is 0 Å². The number of nitrogens with zero attached hydrogens (tertiary/aromatic N) is 5. The Kier molecular flexibility index (Phi) is 4.31. The number of aromatic nitrogens is 4. The van der Waals surface area contributed by atoms with Gasteiger partial charge in [-0.05, 0) is 12.5 Å². The monoisotopic (exact) mass is 292 g/mol. The summed E-state index contributed by atoms with van der Waals surface area (Å²) < 4.78 is 2.96. The van der Waals surface area contributed by atoms with E-state index in [4.69, 9.17) is 0 Å². The molecule has 2 heterocycles. The molecule has 21 heavy (non-hydrogen) atoms. The van der Waals surface area contributed by atoms with Crippen LogP contribution in [0.5, 0.6) is 0 Å². The molecule has 9 nitrogen and oxygen atoms in total. The van der Waals surface area contributed by atoms with Crippen molar-refractivity contribution in [3.8, 4) is 0 Å². The van der Waals surface area contributed by atoms with Crippen molar-refractivity contribution >= 4 is 11.6 Å². The van der Waals surface area contributed by atoms with Gasteiger partial charge in [-0.1, -0.05) is 6.92 Å². The van der Waals surface area contributed by atoms with E-state index in [9.17, 15) is 14.9 Å². The van der Waals surface area contributed by atoms with Gasteiger partial charge >= 0.3 is 5.69 Å². The number of nitrogens with one attached hydrogen (secondary N) is 1. The van der Waals surface area contributed by atoms with Crippen molar-refractivity contribution in [2.24, 2.45) is 7.05 Å². The molecule has 2 aromatic rings. The summed E-state index contributed by atoms with van der Waals surface area (Å²) in [5.41, 5.74) is 0.609. The summed E-state index contributed by atoms with van der Waals surface area (Å²) in [6.45, 7) is 2.12. The van der Waals surface area contributed by atoms with Gasteiger partial charge in [0.2, 0.25) is 5.91 Å². The Bertz CT molecular complexity index is 647. The first kappa shape index (κ1) is 14.7. The van der Waals surface area contributed by atoms with E-state index in [1.54, 1.807) is 24.0 Å². The molecule has 112 valence electrons. The van der Waals surface area contributed by atoms with E-state index in [1.807, 2.05) is 6.92 Å². The zero-order chi connectivity index (χ0) is 15.4. The Labute approximate surface area is 120 Å². The zero-order valence-electron chi connectivity index (χ0n) is 11.8. The van der Waals surface area contributed by atoms with Crippen LogP contribution in [-0.4, -0.2) is 30.4 Å². The number of nitro groups is 1. The second kappa shape index (κ2) is 6.16. The van der Waals surface area contributed by atoms with Gasteiger partial charge in [0.1, 0.15) is 18.4 Å². The molecule has 0 aliphatic rings. The van der Waals surface area contributed by atoms with E-state index < -0.39 is 11.0 Å². The number of rotatable bonds is 6. The lowest BCUT2D eigenvalue weighted by molar-refractivity contribution is -0.385. The molecule has 1 amide bonds. The van der Waals surface area contributed by atoms with Crippen LogP contribution in [0.1, 0.15) is 25.1 Å². The third-order valence-electron chi connectivity index (χ3n) is 3.02. The second-order valence-electron chi connectivity index (χ2n) is 4.56. The molecule has 2 rings (SSSR count). The molecule has 0 saturated carbocycles. The summed E-state index contributed by atoms with van der Waals surface area (Å²) in [4.78, 5) is 22.3. The highest BCUT2D eigenvalue weighted by Gasteiger charge is 2.21. The Hall–Kier alpha value is -2.71. The van der Waals surface area contributed by atoms with Crippen LogP contribution < -0.4 is 5.32 Å². The van der Waals surface area contributed by atoms with Gasteiger partial charge in [0, 0.05) is 13.2 Å². The summed E-state index contributed by atoms with van der Waals surface area (Å²) in [7, 11) is 1.79. The fraction of sp³-hybridized carbons (Fsp3) is 0.417. The van der Waals surface area contributed by atoms with Crippen LogP contribution in [0.15, 0.2) is 24.7 Å². The van der Waals surface area contributed by atoms with Crippen molar-refractivity contribution in [2.45, 2.75) is 25.9 Å². The van der Waals surface area contributed by atoms with E-state index in [0.29, 0.717) is 13.0 Å². The number of hydrogen-bond acceptors (Lipinski definition) is 5. The quantitative estimate of drug-likeness (QED) is 0.625. The first-order chi connectivity index (χ1) is 10.0. The molecule has 0 radical (unpaired) electrons. The van der Waals surface area contributed by atoms with E-state index in [1.165, 1.54) is 10.9 Å². The van der Waals surface area contributed by atoms with Crippen LogP contribution >= 0.6 is 0 Å². The molecule has 0 fully saturated rings. The van der Waals surface area contributed by atoms with Crippen LogP contribution in [0.4, 0.5) is 5.69 Å². The van der Waals surface area contributed by atoms with Gasteiger partial charge in [-0.3, -0.25) is 24.3 Å². The summed E-state index contributed by atoms with van der Waals surface area (Å²) >= 11 is 0. The van der Waals surface area contributed by atoms with Crippen LogP contribution in [0.3, 0.4) is 0 Å². The SMILES string of the molecule is CCC(C(=O)NCc1ccn(C)n1)n1cc([N+](=O)[O-])cn1. The minimum Gasteiger partial charge on any atom is -0.349 e. The summed E-state index contributed by atoms with van der Waals surface area (Å²) in [5.74, 6) is -0.249. The average molecular weight is 292 g/mol. The molecule has 0 aliphatic carbocycles. The Morgan fingerprint density at radius 2 is 2.33 bits per heavy atom. The third-order valence-corrected chi connectivity index (χ3v) is 3.02. The smallest absolute Gasteiger partial charge is 0.307 e. The van der Waals surface area contributed by atoms with Gasteiger partial charge in [0.05, 0.1) is 17.2 Å². The highest BCUT2D eigenvalue weighted by atomic mass is 16.6. The van der Waals surface area contributed by atoms with Crippen LogP contribution in [0, 0.1) is 10.1 Å². The van der Waals surface area contributed by atoms with Crippen LogP contribution in [0.25, 0.3) is 0 Å². The topological polar surface area (TPSA) is 108 Å². The zero-order valence-corrected chi connectivity index (χ0v) is 11.8. The van der Waals surface area contributed by atoms with Crippen molar-refractivity contribution in [1.82, 2.24) is 24.9 Å². The summed E-state index contributed by atoms with van der Waals surface area (Å²) in [6.07, 6.45) is 4.66. The molecule has 0 spiro atoms. The molecule has 0 aliphatic heterocycles. The Morgan fingerprint density at radius 3 is 2.86 bits per heavy atom. The lowest BCUT2D eigenvalue weighted by Gasteiger charge is -2.14. The van der Waals surface area contributed by atoms with Gasteiger partial charge in [-0.2, -0.15) is 10.2 Å². The number of aryl methyl sites for hydroxylation is 1. The summed E-state index contributed by atoms with van der Waals surface area (Å²) in [6, 6.07) is 1.22. The van der Waals surface area contributed by atoms with Crippen molar-refractivity contribution in [3.05, 3.63) is 40.5 Å². The van der Waals surface area contributed by atoms with Crippen molar-refractivity contribution < 1.29 is 9.72 Å². The summed E-state index contributed by atoms with van der Waals surface area (Å²) in [5, 5.41) is 21.4.